The van der Waals surface area contributed by atoms with Gasteiger partial charge in [-0.2, -0.15) is 0 Å². The van der Waals surface area contributed by atoms with Crippen LogP contribution < -0.4 is 11.3 Å². The number of rotatable bonds is 4. The highest BCUT2D eigenvalue weighted by molar-refractivity contribution is 6.31. The van der Waals surface area contributed by atoms with Crippen molar-refractivity contribution in [3.8, 4) is 11.1 Å². The summed E-state index contributed by atoms with van der Waals surface area (Å²) >= 11 is 12.5. The highest BCUT2D eigenvalue weighted by atomic mass is 35.5. The van der Waals surface area contributed by atoms with Crippen molar-refractivity contribution in [2.24, 2.45) is 14.1 Å². The number of nitrogen functional groups attached to an aromatic ring is 1. The molecule has 34 heavy (non-hydrogen) atoms. The molecule has 5 nitrogen and oxygen atoms in total. The zero-order valence-corrected chi connectivity index (χ0v) is 20.2. The number of nitrogens with zero attached hydrogens (tertiary/aromatic N) is 3. The molecule has 1 atom stereocenters. The van der Waals surface area contributed by atoms with E-state index in [0.717, 1.165) is 38.9 Å². The van der Waals surface area contributed by atoms with Gasteiger partial charge in [0.2, 0.25) is 0 Å². The lowest BCUT2D eigenvalue weighted by Gasteiger charge is -2.22. The first-order valence-electron chi connectivity index (χ1n) is 10.7. The molecule has 7 heteroatoms. The van der Waals surface area contributed by atoms with Crippen LogP contribution in [0.25, 0.3) is 22.0 Å². The number of nitrogens with two attached hydrogens (primary N) is 1. The normalized spacial score (nSPS) is 12.2. The van der Waals surface area contributed by atoms with E-state index in [2.05, 4.69) is 11.1 Å². The van der Waals surface area contributed by atoms with Crippen LogP contribution in [0.1, 0.15) is 22.7 Å². The van der Waals surface area contributed by atoms with Gasteiger partial charge in [-0.3, -0.25) is 4.79 Å². The van der Waals surface area contributed by atoms with Crippen molar-refractivity contribution in [1.82, 2.24) is 14.1 Å². The number of aryl methyl sites for hydroxylation is 2. The maximum Gasteiger partial charge on any atom is 0.251 e. The molecule has 0 amide bonds. The van der Waals surface area contributed by atoms with Gasteiger partial charge in [0, 0.05) is 53.2 Å². The molecule has 0 saturated heterocycles. The van der Waals surface area contributed by atoms with E-state index in [1.54, 1.807) is 30.1 Å². The highest BCUT2D eigenvalue weighted by Gasteiger charge is 2.23. The molecule has 170 valence electrons. The predicted octanol–water partition coefficient (Wildman–Crippen LogP) is 6.01. The van der Waals surface area contributed by atoms with E-state index in [1.807, 2.05) is 66.3 Å². The van der Waals surface area contributed by atoms with Crippen molar-refractivity contribution in [2.75, 3.05) is 5.73 Å². The average Bonchev–Trinajstić information content (AvgIpc) is 3.23. The third kappa shape index (κ3) is 3.87. The Hall–Kier alpha value is -3.54. The van der Waals surface area contributed by atoms with Crippen LogP contribution in [-0.4, -0.2) is 14.1 Å². The fourth-order valence-corrected chi connectivity index (χ4v) is 4.89. The Morgan fingerprint density at radius 3 is 2.44 bits per heavy atom. The fourth-order valence-electron chi connectivity index (χ4n) is 4.52. The molecule has 0 saturated carbocycles. The number of fused-ring (bicyclic) bond motifs is 1. The molecule has 0 radical (unpaired) electrons. The summed E-state index contributed by atoms with van der Waals surface area (Å²) in [5.41, 5.74) is 12.4. The van der Waals surface area contributed by atoms with Gasteiger partial charge >= 0.3 is 0 Å². The Morgan fingerprint density at radius 1 is 0.941 bits per heavy atom. The van der Waals surface area contributed by atoms with Gasteiger partial charge in [0.05, 0.1) is 17.8 Å². The molecule has 0 fully saturated rings. The minimum atomic E-state index is -0.182. The molecule has 0 aliphatic heterocycles. The van der Waals surface area contributed by atoms with Crippen molar-refractivity contribution < 1.29 is 0 Å². The number of hydrogen-bond acceptors (Lipinski definition) is 3. The van der Waals surface area contributed by atoms with Crippen LogP contribution in [0.3, 0.4) is 0 Å². The van der Waals surface area contributed by atoms with Gasteiger partial charge < -0.3 is 14.9 Å². The van der Waals surface area contributed by atoms with Gasteiger partial charge in [-0.1, -0.05) is 47.5 Å². The molecule has 2 aromatic heterocycles. The zero-order chi connectivity index (χ0) is 24.0. The molecule has 5 rings (SSSR count). The summed E-state index contributed by atoms with van der Waals surface area (Å²) < 4.78 is 3.64. The first-order valence-corrected chi connectivity index (χ1v) is 11.5. The maximum absolute atomic E-state index is 12.7. The predicted molar refractivity (Wildman–Crippen MR) is 140 cm³/mol. The molecular formula is C27H22Cl2N4O. The maximum atomic E-state index is 12.7. The minimum Gasteiger partial charge on any atom is -0.398 e. The van der Waals surface area contributed by atoms with Crippen molar-refractivity contribution in [1.29, 1.82) is 0 Å². The Kier molecular flexibility index (Phi) is 5.68. The lowest BCUT2D eigenvalue weighted by atomic mass is 9.86. The first kappa shape index (κ1) is 22.3. The summed E-state index contributed by atoms with van der Waals surface area (Å²) in [7, 11) is 3.74. The summed E-state index contributed by atoms with van der Waals surface area (Å²) in [6, 6.07) is 20.9. The van der Waals surface area contributed by atoms with Crippen LogP contribution in [0.2, 0.25) is 10.0 Å². The molecule has 2 N–H and O–H groups in total. The van der Waals surface area contributed by atoms with E-state index in [9.17, 15) is 4.79 Å². The highest BCUT2D eigenvalue weighted by Crippen LogP contribution is 2.38. The van der Waals surface area contributed by atoms with Gasteiger partial charge in [0.25, 0.3) is 5.56 Å². The topological polar surface area (TPSA) is 65.8 Å². The lowest BCUT2D eigenvalue weighted by Crippen LogP contribution is -2.17. The summed E-state index contributed by atoms with van der Waals surface area (Å²) in [6.07, 6.45) is 3.62. The smallest absolute Gasteiger partial charge is 0.251 e. The molecule has 1 unspecified atom stereocenters. The van der Waals surface area contributed by atoms with Crippen LogP contribution in [0.5, 0.6) is 0 Å². The summed E-state index contributed by atoms with van der Waals surface area (Å²) in [6.45, 7) is 0. The van der Waals surface area contributed by atoms with Crippen molar-refractivity contribution in [2.45, 2.75) is 5.92 Å². The van der Waals surface area contributed by atoms with Crippen molar-refractivity contribution in [3.05, 3.63) is 116 Å². The van der Waals surface area contributed by atoms with E-state index in [-0.39, 0.29) is 11.5 Å². The SMILES string of the molecule is Cn1cncc1C(c1ccc2c(c1)c(-c1cccc(Cl)c1)cc(=O)n2C)c1ccc(Cl)cc1N. The number of halogens is 2. The quantitative estimate of drug-likeness (QED) is 0.315. The van der Waals surface area contributed by atoms with Gasteiger partial charge in [0.1, 0.15) is 0 Å². The van der Waals surface area contributed by atoms with Crippen LogP contribution in [0, 0.1) is 0 Å². The van der Waals surface area contributed by atoms with Crippen LogP contribution in [0.4, 0.5) is 5.69 Å². The third-order valence-electron chi connectivity index (χ3n) is 6.25. The van der Waals surface area contributed by atoms with E-state index < -0.39 is 0 Å². The van der Waals surface area contributed by atoms with E-state index in [1.165, 1.54) is 0 Å². The number of imidazole rings is 1. The summed E-state index contributed by atoms with van der Waals surface area (Å²) in [4.78, 5) is 17.1. The third-order valence-corrected chi connectivity index (χ3v) is 6.72. The number of aromatic nitrogens is 3. The van der Waals surface area contributed by atoms with Gasteiger partial charge in [-0.15, -0.1) is 0 Å². The van der Waals surface area contributed by atoms with Gasteiger partial charge in [0.15, 0.2) is 0 Å². The van der Waals surface area contributed by atoms with Crippen molar-refractivity contribution >= 4 is 39.8 Å². The molecule has 0 aliphatic carbocycles. The van der Waals surface area contributed by atoms with E-state index in [4.69, 9.17) is 28.9 Å². The van der Waals surface area contributed by atoms with Crippen LogP contribution >= 0.6 is 23.2 Å². The summed E-state index contributed by atoms with van der Waals surface area (Å²) in [5, 5.41) is 2.15. The number of anilines is 1. The van der Waals surface area contributed by atoms with Crippen LogP contribution in [-0.2, 0) is 14.1 Å². The van der Waals surface area contributed by atoms with Gasteiger partial charge in [-0.05, 0) is 58.7 Å². The Labute approximate surface area is 207 Å². The molecule has 5 aromatic rings. The second kappa shape index (κ2) is 8.67. The molecule has 0 spiro atoms. The molecule has 2 heterocycles. The second-order valence-corrected chi connectivity index (χ2v) is 9.25. The molecule has 3 aromatic carbocycles. The lowest BCUT2D eigenvalue weighted by molar-refractivity contribution is 0.794. The molecule has 0 aliphatic rings. The standard InChI is InChI=1S/C27H22Cl2N4O/c1-32-15-31-14-25(32)27(20-8-7-19(29)12-23(20)30)17-6-9-24-22(11-17)21(13-26(34)33(24)2)16-4-3-5-18(28)10-16/h3-15,27H,30H2,1-2H3. The Morgan fingerprint density at radius 2 is 1.74 bits per heavy atom. The number of pyridine rings is 1. The number of benzene rings is 3. The van der Waals surface area contributed by atoms with Gasteiger partial charge in [-0.25, -0.2) is 4.98 Å². The summed E-state index contributed by atoms with van der Waals surface area (Å²) in [5.74, 6) is -0.182. The van der Waals surface area contributed by atoms with Crippen LogP contribution in [0.15, 0.2) is 84.0 Å². The number of hydrogen-bond donors (Lipinski definition) is 1. The molecular weight excluding hydrogens is 467 g/mol. The Bertz CT molecular complexity index is 1600. The Balaban J connectivity index is 1.81. The molecule has 0 bridgehead atoms. The monoisotopic (exact) mass is 488 g/mol. The second-order valence-electron chi connectivity index (χ2n) is 8.38. The fraction of sp³-hybridized carbons (Fsp3) is 0.111. The average molecular weight is 489 g/mol. The first-order chi connectivity index (χ1) is 16.3. The zero-order valence-electron chi connectivity index (χ0n) is 18.7. The van der Waals surface area contributed by atoms with Crippen molar-refractivity contribution in [3.63, 3.8) is 0 Å². The van der Waals surface area contributed by atoms with E-state index >= 15 is 0 Å². The minimum absolute atomic E-state index is 0.0830. The largest absolute Gasteiger partial charge is 0.398 e. The van der Waals surface area contributed by atoms with E-state index in [0.29, 0.717) is 15.7 Å².